The first kappa shape index (κ1) is 9.20. The molecule has 2 nitrogen and oxygen atoms in total. The largest absolute Gasteiger partial charge is 0.374 e. The van der Waals surface area contributed by atoms with Crippen LogP contribution in [-0.4, -0.2) is 18.0 Å². The van der Waals surface area contributed by atoms with Crippen molar-refractivity contribution in [1.82, 2.24) is 0 Å². The Hall–Kier alpha value is -0.370. The van der Waals surface area contributed by atoms with Crippen LogP contribution in [0.2, 0.25) is 0 Å². The minimum Gasteiger partial charge on any atom is -0.374 e. The van der Waals surface area contributed by atoms with Crippen molar-refractivity contribution in [3.8, 4) is 0 Å². The predicted molar refractivity (Wildman–Crippen MR) is 50.5 cm³/mol. The van der Waals surface area contributed by atoms with Crippen molar-refractivity contribution in [3.63, 3.8) is 0 Å². The summed E-state index contributed by atoms with van der Waals surface area (Å²) < 4.78 is 5.83. The molecule has 0 N–H and O–H groups in total. The lowest BCUT2D eigenvalue weighted by atomic mass is 9.88. The summed E-state index contributed by atoms with van der Waals surface area (Å²) in [5.74, 6) is 1.25. The second-order valence-corrected chi connectivity index (χ2v) is 4.59. The van der Waals surface area contributed by atoms with E-state index in [2.05, 4.69) is 6.92 Å². The average molecular weight is 182 g/mol. The number of ketones is 1. The Balaban J connectivity index is 1.68. The lowest BCUT2D eigenvalue weighted by Crippen LogP contribution is -2.36. The van der Waals surface area contributed by atoms with Gasteiger partial charge in [0, 0.05) is 12.8 Å². The number of ether oxygens (including phenoxy) is 1. The van der Waals surface area contributed by atoms with E-state index in [0.29, 0.717) is 24.7 Å². The second-order valence-electron chi connectivity index (χ2n) is 4.59. The molecule has 13 heavy (non-hydrogen) atoms. The molecular formula is C11H18O2. The van der Waals surface area contributed by atoms with Crippen LogP contribution >= 0.6 is 0 Å². The van der Waals surface area contributed by atoms with Gasteiger partial charge in [0.1, 0.15) is 5.78 Å². The molecular weight excluding hydrogens is 164 g/mol. The highest BCUT2D eigenvalue weighted by Gasteiger charge is 2.30. The SMILES string of the molecule is CC1CCC(OC2CC(=O)C2)CC1. The second kappa shape index (κ2) is 3.79. The summed E-state index contributed by atoms with van der Waals surface area (Å²) in [7, 11) is 0. The zero-order valence-corrected chi connectivity index (χ0v) is 8.29. The van der Waals surface area contributed by atoms with Crippen molar-refractivity contribution >= 4 is 5.78 Å². The molecule has 0 aliphatic heterocycles. The molecule has 2 heteroatoms. The minimum atomic E-state index is 0.269. The van der Waals surface area contributed by atoms with Crippen LogP contribution < -0.4 is 0 Å². The van der Waals surface area contributed by atoms with E-state index in [1.807, 2.05) is 0 Å². The van der Waals surface area contributed by atoms with E-state index in [1.165, 1.54) is 25.7 Å². The van der Waals surface area contributed by atoms with E-state index in [1.54, 1.807) is 0 Å². The Morgan fingerprint density at radius 3 is 2.23 bits per heavy atom. The molecule has 0 amide bonds. The van der Waals surface area contributed by atoms with Crippen LogP contribution in [0.1, 0.15) is 45.4 Å². The third kappa shape index (κ3) is 2.31. The van der Waals surface area contributed by atoms with Crippen molar-refractivity contribution in [2.45, 2.75) is 57.7 Å². The Morgan fingerprint density at radius 2 is 1.69 bits per heavy atom. The fraction of sp³-hybridized carbons (Fsp3) is 0.909. The van der Waals surface area contributed by atoms with E-state index < -0.39 is 0 Å². The zero-order chi connectivity index (χ0) is 9.26. The van der Waals surface area contributed by atoms with E-state index >= 15 is 0 Å². The summed E-state index contributed by atoms with van der Waals surface area (Å²) in [6, 6.07) is 0. The fourth-order valence-electron chi connectivity index (χ4n) is 2.18. The number of carbonyl (C=O) groups is 1. The standard InChI is InChI=1S/C11H18O2/c1-8-2-4-10(5-3-8)13-11-6-9(12)7-11/h8,10-11H,2-7H2,1H3. The van der Waals surface area contributed by atoms with Crippen LogP contribution in [0.3, 0.4) is 0 Å². The lowest BCUT2D eigenvalue weighted by molar-refractivity contribution is -0.140. The van der Waals surface area contributed by atoms with E-state index in [0.717, 1.165) is 5.92 Å². The normalized spacial score (nSPS) is 35.9. The first-order valence-electron chi connectivity index (χ1n) is 5.41. The molecule has 0 spiro atoms. The van der Waals surface area contributed by atoms with Gasteiger partial charge in [-0.25, -0.2) is 0 Å². The zero-order valence-electron chi connectivity index (χ0n) is 8.29. The van der Waals surface area contributed by atoms with Gasteiger partial charge in [-0.15, -0.1) is 0 Å². The highest BCUT2D eigenvalue weighted by atomic mass is 16.5. The van der Waals surface area contributed by atoms with Gasteiger partial charge in [0.15, 0.2) is 0 Å². The van der Waals surface area contributed by atoms with Gasteiger partial charge in [0.25, 0.3) is 0 Å². The summed E-state index contributed by atoms with van der Waals surface area (Å²) >= 11 is 0. The quantitative estimate of drug-likeness (QED) is 0.655. The molecule has 0 aromatic heterocycles. The van der Waals surface area contributed by atoms with Crippen LogP contribution in [-0.2, 0) is 9.53 Å². The minimum absolute atomic E-state index is 0.269. The van der Waals surface area contributed by atoms with Crippen LogP contribution in [0.15, 0.2) is 0 Å². The first-order valence-corrected chi connectivity index (χ1v) is 5.41. The van der Waals surface area contributed by atoms with Crippen molar-refractivity contribution in [3.05, 3.63) is 0 Å². The summed E-state index contributed by atoms with van der Waals surface area (Å²) in [5, 5.41) is 0. The van der Waals surface area contributed by atoms with Gasteiger partial charge in [-0.3, -0.25) is 4.79 Å². The maximum Gasteiger partial charge on any atom is 0.138 e. The van der Waals surface area contributed by atoms with Gasteiger partial charge >= 0.3 is 0 Å². The molecule has 2 saturated carbocycles. The molecule has 74 valence electrons. The van der Waals surface area contributed by atoms with Crippen molar-refractivity contribution in [2.24, 2.45) is 5.92 Å². The monoisotopic (exact) mass is 182 g/mol. The molecule has 0 aromatic carbocycles. The van der Waals surface area contributed by atoms with Crippen molar-refractivity contribution in [2.75, 3.05) is 0 Å². The molecule has 2 aliphatic carbocycles. The van der Waals surface area contributed by atoms with Gasteiger partial charge < -0.3 is 4.74 Å². The number of Topliss-reactive ketones (excluding diaryl/α,β-unsaturated/α-hetero) is 1. The summed E-state index contributed by atoms with van der Waals surface area (Å²) in [4.78, 5) is 10.7. The maximum absolute atomic E-state index is 10.7. The molecule has 2 fully saturated rings. The third-order valence-electron chi connectivity index (χ3n) is 3.26. The highest BCUT2D eigenvalue weighted by Crippen LogP contribution is 2.29. The topological polar surface area (TPSA) is 26.3 Å². The van der Waals surface area contributed by atoms with Crippen LogP contribution in [0.5, 0.6) is 0 Å². The Bertz CT molecular complexity index is 184. The van der Waals surface area contributed by atoms with Crippen molar-refractivity contribution < 1.29 is 9.53 Å². The van der Waals surface area contributed by atoms with Crippen molar-refractivity contribution in [1.29, 1.82) is 0 Å². The number of carbonyl (C=O) groups excluding carboxylic acids is 1. The van der Waals surface area contributed by atoms with E-state index in [-0.39, 0.29) is 6.10 Å². The molecule has 0 unspecified atom stereocenters. The molecule has 0 bridgehead atoms. The Kier molecular flexibility index (Phi) is 2.68. The molecule has 0 heterocycles. The van der Waals surface area contributed by atoms with E-state index in [9.17, 15) is 4.79 Å². The van der Waals surface area contributed by atoms with Crippen LogP contribution in [0.4, 0.5) is 0 Å². The summed E-state index contributed by atoms with van der Waals surface area (Å²) in [6.07, 6.45) is 7.06. The fourth-order valence-corrected chi connectivity index (χ4v) is 2.18. The maximum atomic E-state index is 10.7. The lowest BCUT2D eigenvalue weighted by Gasteiger charge is -2.33. The third-order valence-corrected chi connectivity index (χ3v) is 3.26. The summed E-state index contributed by atoms with van der Waals surface area (Å²) in [5.41, 5.74) is 0. The molecule has 2 rings (SSSR count). The highest BCUT2D eigenvalue weighted by molar-refractivity contribution is 5.85. The molecule has 0 radical (unpaired) electrons. The summed E-state index contributed by atoms with van der Waals surface area (Å²) in [6.45, 7) is 2.31. The Labute approximate surface area is 79.7 Å². The van der Waals surface area contributed by atoms with Gasteiger partial charge in [-0.1, -0.05) is 6.92 Å². The average Bonchev–Trinajstić information content (AvgIpc) is 2.06. The van der Waals surface area contributed by atoms with Gasteiger partial charge in [-0.05, 0) is 31.6 Å². The van der Waals surface area contributed by atoms with E-state index in [4.69, 9.17) is 4.74 Å². The van der Waals surface area contributed by atoms with Gasteiger partial charge in [0.05, 0.1) is 12.2 Å². The Morgan fingerprint density at radius 1 is 1.08 bits per heavy atom. The number of hydrogen-bond acceptors (Lipinski definition) is 2. The molecule has 0 aromatic rings. The number of hydrogen-bond donors (Lipinski definition) is 0. The van der Waals surface area contributed by atoms with Gasteiger partial charge in [-0.2, -0.15) is 0 Å². The first-order chi connectivity index (χ1) is 6.24. The van der Waals surface area contributed by atoms with Gasteiger partial charge in [0.2, 0.25) is 0 Å². The molecule has 0 saturated heterocycles. The van der Waals surface area contributed by atoms with Crippen LogP contribution in [0.25, 0.3) is 0 Å². The predicted octanol–water partition coefficient (Wildman–Crippen LogP) is 2.31. The number of rotatable bonds is 2. The molecule has 2 aliphatic rings. The van der Waals surface area contributed by atoms with Crippen LogP contribution in [0, 0.1) is 5.92 Å². The smallest absolute Gasteiger partial charge is 0.138 e. The molecule has 0 atom stereocenters.